The molecule has 0 bridgehead atoms. The van der Waals surface area contributed by atoms with E-state index in [1.165, 1.54) is 12.8 Å². The van der Waals surface area contributed by atoms with Crippen molar-refractivity contribution in [3.05, 3.63) is 0 Å². The largest absolute Gasteiger partial charge is 0.370 e. The zero-order valence-corrected chi connectivity index (χ0v) is 11.7. The summed E-state index contributed by atoms with van der Waals surface area (Å²) in [6.07, 6.45) is 6.73. The predicted octanol–water partition coefficient (Wildman–Crippen LogP) is 2.28. The topological polar surface area (TPSA) is 50.7 Å². The van der Waals surface area contributed by atoms with Crippen molar-refractivity contribution in [2.75, 3.05) is 7.11 Å². The quantitative estimate of drug-likeness (QED) is 0.783. The van der Waals surface area contributed by atoms with Crippen LogP contribution in [0.2, 0.25) is 0 Å². The van der Waals surface area contributed by atoms with Gasteiger partial charge in [0.2, 0.25) is 5.91 Å². The Bertz CT molecular complexity index is 342. The molecule has 4 nitrogen and oxygen atoms in total. The number of carbonyl (C=O) groups is 1. The zero-order chi connectivity index (χ0) is 13.2. The van der Waals surface area contributed by atoms with Gasteiger partial charge in [-0.05, 0) is 18.8 Å². The summed E-state index contributed by atoms with van der Waals surface area (Å²) in [6.45, 7) is 4.06. The normalized spacial score (nSPS) is 27.9. The maximum atomic E-state index is 11.9. The van der Waals surface area contributed by atoms with Crippen LogP contribution in [0.1, 0.15) is 52.4 Å². The molecular formula is C14H24N2O2. The van der Waals surface area contributed by atoms with Crippen LogP contribution in [-0.2, 0) is 9.53 Å². The van der Waals surface area contributed by atoms with Gasteiger partial charge in [0.25, 0.3) is 0 Å². The smallest absolute Gasteiger partial charge is 0.250 e. The van der Waals surface area contributed by atoms with Crippen molar-refractivity contribution >= 4 is 11.7 Å². The Hall–Kier alpha value is -0.900. The molecule has 4 heteroatoms. The number of rotatable bonds is 3. The molecule has 1 heterocycles. The number of nitrogens with zero attached hydrogens (tertiary/aromatic N) is 1. The lowest BCUT2D eigenvalue weighted by molar-refractivity contribution is -0.121. The van der Waals surface area contributed by atoms with E-state index in [0.717, 1.165) is 31.5 Å². The Balaban J connectivity index is 2.22. The highest BCUT2D eigenvalue weighted by Gasteiger charge is 2.42. The van der Waals surface area contributed by atoms with E-state index in [1.54, 1.807) is 7.11 Å². The first-order chi connectivity index (χ1) is 8.59. The molecule has 0 spiro atoms. The van der Waals surface area contributed by atoms with Gasteiger partial charge < -0.3 is 10.1 Å². The number of hydrogen-bond acceptors (Lipinski definition) is 3. The maximum Gasteiger partial charge on any atom is 0.250 e. The maximum absolute atomic E-state index is 11.9. The van der Waals surface area contributed by atoms with Crippen LogP contribution in [0.5, 0.6) is 0 Å². The summed E-state index contributed by atoms with van der Waals surface area (Å²) in [5.41, 5.74) is -0.351. The van der Waals surface area contributed by atoms with Gasteiger partial charge in [-0.25, -0.2) is 0 Å². The summed E-state index contributed by atoms with van der Waals surface area (Å²) in [5.74, 6) is 1.04. The van der Waals surface area contributed by atoms with E-state index in [0.29, 0.717) is 0 Å². The van der Waals surface area contributed by atoms with Crippen molar-refractivity contribution < 1.29 is 9.53 Å². The summed E-state index contributed by atoms with van der Waals surface area (Å²) in [5, 5.41) is 2.96. The van der Waals surface area contributed by atoms with Crippen LogP contribution in [0.3, 0.4) is 0 Å². The number of nitrogens with one attached hydrogen (secondary N) is 1. The fourth-order valence-electron chi connectivity index (χ4n) is 2.94. The van der Waals surface area contributed by atoms with Gasteiger partial charge in [0.05, 0.1) is 0 Å². The van der Waals surface area contributed by atoms with E-state index in [-0.39, 0.29) is 23.5 Å². The van der Waals surface area contributed by atoms with Gasteiger partial charge in [0.1, 0.15) is 17.5 Å². The average Bonchev–Trinajstić information content (AvgIpc) is 2.61. The van der Waals surface area contributed by atoms with Gasteiger partial charge in [-0.2, -0.15) is 0 Å². The highest BCUT2D eigenvalue weighted by Crippen LogP contribution is 2.32. The van der Waals surface area contributed by atoms with E-state index in [1.807, 2.05) is 13.8 Å². The van der Waals surface area contributed by atoms with Crippen LogP contribution in [-0.4, -0.2) is 30.5 Å². The van der Waals surface area contributed by atoms with Crippen molar-refractivity contribution in [1.82, 2.24) is 5.32 Å². The van der Waals surface area contributed by atoms with Crippen molar-refractivity contribution in [2.24, 2.45) is 10.9 Å². The minimum atomic E-state index is -0.351. The first kappa shape index (κ1) is 13.5. The summed E-state index contributed by atoms with van der Waals surface area (Å²) in [6, 6.07) is -0.240. The first-order valence-electron chi connectivity index (χ1n) is 7.03. The molecule has 1 unspecified atom stereocenters. The van der Waals surface area contributed by atoms with Gasteiger partial charge in [-0.3, -0.25) is 9.79 Å². The number of hydrogen-bond donors (Lipinski definition) is 1. The fourth-order valence-corrected chi connectivity index (χ4v) is 2.94. The summed E-state index contributed by atoms with van der Waals surface area (Å²) >= 11 is 0. The van der Waals surface area contributed by atoms with E-state index >= 15 is 0 Å². The Morgan fingerprint density at radius 1 is 1.28 bits per heavy atom. The summed E-state index contributed by atoms with van der Waals surface area (Å²) in [7, 11) is 1.74. The lowest BCUT2D eigenvalue weighted by Gasteiger charge is -2.31. The third-order valence-electron chi connectivity index (χ3n) is 4.14. The second-order valence-corrected chi connectivity index (χ2v) is 5.77. The molecule has 1 fully saturated rings. The molecule has 0 saturated heterocycles. The molecule has 1 aliphatic carbocycles. The molecule has 0 aromatic heterocycles. The molecule has 0 aromatic carbocycles. The van der Waals surface area contributed by atoms with E-state index in [4.69, 9.17) is 4.74 Å². The molecule has 18 heavy (non-hydrogen) atoms. The second kappa shape index (κ2) is 5.39. The number of ether oxygens (including phenoxy) is 1. The minimum absolute atomic E-state index is 0.0284. The molecule has 0 aromatic rings. The number of amides is 1. The van der Waals surface area contributed by atoms with Crippen LogP contribution in [0.4, 0.5) is 0 Å². The molecule has 0 radical (unpaired) electrons. The van der Waals surface area contributed by atoms with Crippen molar-refractivity contribution in [3.63, 3.8) is 0 Å². The summed E-state index contributed by atoms with van der Waals surface area (Å²) < 4.78 is 5.77. The molecule has 1 N–H and O–H groups in total. The van der Waals surface area contributed by atoms with Crippen molar-refractivity contribution in [3.8, 4) is 0 Å². The van der Waals surface area contributed by atoms with E-state index < -0.39 is 0 Å². The molecule has 1 aliphatic heterocycles. The molecule has 2 aliphatic rings. The molecule has 102 valence electrons. The van der Waals surface area contributed by atoms with Crippen LogP contribution in [0, 0.1) is 5.92 Å². The number of aliphatic imine (C=N–C) groups is 1. The van der Waals surface area contributed by atoms with E-state index in [9.17, 15) is 4.79 Å². The van der Waals surface area contributed by atoms with Gasteiger partial charge in [0.15, 0.2) is 0 Å². The number of methoxy groups -OCH3 is 1. The lowest BCUT2D eigenvalue weighted by Crippen LogP contribution is -2.47. The number of amidine groups is 1. The third-order valence-corrected chi connectivity index (χ3v) is 4.14. The second-order valence-electron chi connectivity index (χ2n) is 5.77. The highest BCUT2D eigenvalue weighted by molar-refractivity contribution is 6.09. The number of carbonyl (C=O) groups excluding carboxylic acids is 1. The van der Waals surface area contributed by atoms with Gasteiger partial charge in [-0.15, -0.1) is 0 Å². The van der Waals surface area contributed by atoms with Gasteiger partial charge in [-0.1, -0.05) is 39.5 Å². The van der Waals surface area contributed by atoms with Gasteiger partial charge >= 0.3 is 0 Å². The monoisotopic (exact) mass is 252 g/mol. The lowest BCUT2D eigenvalue weighted by atomic mass is 9.92. The van der Waals surface area contributed by atoms with Crippen molar-refractivity contribution in [2.45, 2.75) is 64.0 Å². The average molecular weight is 252 g/mol. The fraction of sp³-hybridized carbons (Fsp3) is 0.857. The molecule has 1 saturated carbocycles. The molecule has 1 atom stereocenters. The summed E-state index contributed by atoms with van der Waals surface area (Å²) in [4.78, 5) is 16.5. The Morgan fingerprint density at radius 2 is 1.89 bits per heavy atom. The highest BCUT2D eigenvalue weighted by atomic mass is 16.5. The minimum Gasteiger partial charge on any atom is -0.370 e. The SMILES string of the molecule is COC1(C2=NC(C(C)C)C(=O)N2)CCCCCC1. The standard InChI is InChI=1S/C14H24N2O2/c1-10(2)11-12(17)16-13(15-11)14(18-3)8-6-4-5-7-9-14/h10-11H,4-9H2,1-3H3,(H,15,16,17). The molecular weight excluding hydrogens is 228 g/mol. The third kappa shape index (κ3) is 2.44. The Labute approximate surface area is 109 Å². The predicted molar refractivity (Wildman–Crippen MR) is 71.6 cm³/mol. The van der Waals surface area contributed by atoms with Crippen LogP contribution in [0.15, 0.2) is 4.99 Å². The molecule has 2 rings (SSSR count). The van der Waals surface area contributed by atoms with Gasteiger partial charge in [0, 0.05) is 7.11 Å². The van der Waals surface area contributed by atoms with Crippen LogP contribution in [0.25, 0.3) is 0 Å². The van der Waals surface area contributed by atoms with Crippen LogP contribution >= 0.6 is 0 Å². The molecule has 1 amide bonds. The van der Waals surface area contributed by atoms with Crippen molar-refractivity contribution in [1.29, 1.82) is 0 Å². The zero-order valence-electron chi connectivity index (χ0n) is 11.7. The van der Waals surface area contributed by atoms with Crippen LogP contribution < -0.4 is 5.32 Å². The van der Waals surface area contributed by atoms with E-state index in [2.05, 4.69) is 10.3 Å². The Kier molecular flexibility index (Phi) is 4.05. The first-order valence-corrected chi connectivity index (χ1v) is 7.03. The Morgan fingerprint density at radius 3 is 2.33 bits per heavy atom.